The molecule has 156 valence electrons. The molecule has 0 spiro atoms. The standard InChI is InChI=1S/C15H23N5O.C2HF3O2/c1-18(2)15(21)20-9-5-12-13(6-10-20)16-11-17-14(12)19-7-3-4-8-19;3-2(4,5)1(6)7/h11H,3-10H2,1-2H3;(H,6,7). The number of carboxylic acids is 1. The molecular formula is C17H24F3N5O3. The van der Waals surface area contributed by atoms with Crippen molar-refractivity contribution >= 4 is 17.8 Å². The molecule has 2 amide bonds. The molecule has 1 aromatic rings. The monoisotopic (exact) mass is 403 g/mol. The Morgan fingerprint density at radius 2 is 1.64 bits per heavy atom. The maximum absolute atomic E-state index is 12.1. The molecule has 28 heavy (non-hydrogen) atoms. The number of hydrogen-bond acceptors (Lipinski definition) is 5. The molecule has 0 bridgehead atoms. The highest BCUT2D eigenvalue weighted by Crippen LogP contribution is 2.26. The van der Waals surface area contributed by atoms with E-state index in [2.05, 4.69) is 14.9 Å². The van der Waals surface area contributed by atoms with Crippen LogP contribution in [0.3, 0.4) is 0 Å². The second-order valence-corrected chi connectivity index (χ2v) is 6.78. The summed E-state index contributed by atoms with van der Waals surface area (Å²) in [5.41, 5.74) is 2.36. The summed E-state index contributed by atoms with van der Waals surface area (Å²) in [4.78, 5) is 35.9. The zero-order valence-electron chi connectivity index (χ0n) is 15.9. The number of amides is 2. The number of fused-ring (bicyclic) bond motifs is 1. The van der Waals surface area contributed by atoms with Crippen molar-refractivity contribution in [2.24, 2.45) is 0 Å². The maximum atomic E-state index is 12.1. The summed E-state index contributed by atoms with van der Waals surface area (Å²) in [6.45, 7) is 3.66. The van der Waals surface area contributed by atoms with Crippen molar-refractivity contribution in [3.05, 3.63) is 17.6 Å². The van der Waals surface area contributed by atoms with Gasteiger partial charge in [-0.15, -0.1) is 0 Å². The van der Waals surface area contributed by atoms with Gasteiger partial charge in [0, 0.05) is 52.3 Å². The Morgan fingerprint density at radius 1 is 1.07 bits per heavy atom. The van der Waals surface area contributed by atoms with E-state index in [0.717, 1.165) is 50.5 Å². The molecule has 0 aromatic carbocycles. The summed E-state index contributed by atoms with van der Waals surface area (Å²) in [5, 5.41) is 7.12. The van der Waals surface area contributed by atoms with E-state index in [9.17, 15) is 18.0 Å². The lowest BCUT2D eigenvalue weighted by Gasteiger charge is -2.24. The van der Waals surface area contributed by atoms with Gasteiger partial charge in [0.1, 0.15) is 12.1 Å². The van der Waals surface area contributed by atoms with E-state index >= 15 is 0 Å². The number of carboxylic acid groups (broad SMARTS) is 1. The maximum Gasteiger partial charge on any atom is 0.490 e. The van der Waals surface area contributed by atoms with Gasteiger partial charge >= 0.3 is 18.2 Å². The third-order valence-electron chi connectivity index (χ3n) is 4.56. The zero-order chi connectivity index (χ0) is 20.9. The fourth-order valence-electron chi connectivity index (χ4n) is 3.18. The number of rotatable bonds is 1. The predicted molar refractivity (Wildman–Crippen MR) is 95.2 cm³/mol. The molecule has 0 unspecified atom stereocenters. The summed E-state index contributed by atoms with van der Waals surface area (Å²) >= 11 is 0. The average molecular weight is 403 g/mol. The van der Waals surface area contributed by atoms with Gasteiger partial charge in [-0.2, -0.15) is 13.2 Å². The second-order valence-electron chi connectivity index (χ2n) is 6.78. The number of urea groups is 1. The van der Waals surface area contributed by atoms with Crippen LogP contribution in [0.4, 0.5) is 23.8 Å². The number of anilines is 1. The highest BCUT2D eigenvalue weighted by atomic mass is 19.4. The average Bonchev–Trinajstić information content (AvgIpc) is 3.07. The molecule has 11 heteroatoms. The highest BCUT2D eigenvalue weighted by molar-refractivity contribution is 5.74. The van der Waals surface area contributed by atoms with Crippen LogP contribution >= 0.6 is 0 Å². The smallest absolute Gasteiger partial charge is 0.475 e. The number of hydrogen-bond donors (Lipinski definition) is 1. The number of nitrogens with zero attached hydrogens (tertiary/aromatic N) is 5. The fraction of sp³-hybridized carbons (Fsp3) is 0.647. The predicted octanol–water partition coefficient (Wildman–Crippen LogP) is 1.79. The van der Waals surface area contributed by atoms with Gasteiger partial charge in [0.25, 0.3) is 0 Å². The van der Waals surface area contributed by atoms with Crippen LogP contribution in [-0.4, -0.2) is 83.3 Å². The minimum absolute atomic E-state index is 0.0819. The van der Waals surface area contributed by atoms with Gasteiger partial charge in [0.05, 0.1) is 5.69 Å². The molecule has 2 aliphatic heterocycles. The van der Waals surface area contributed by atoms with E-state index in [1.54, 1.807) is 25.3 Å². The number of aromatic nitrogens is 2. The van der Waals surface area contributed by atoms with Gasteiger partial charge in [-0.1, -0.05) is 0 Å². The minimum atomic E-state index is -5.08. The third kappa shape index (κ3) is 5.46. The molecule has 1 saturated heterocycles. The molecular weight excluding hydrogens is 379 g/mol. The van der Waals surface area contributed by atoms with Crippen molar-refractivity contribution in [3.63, 3.8) is 0 Å². The Kier molecular flexibility index (Phi) is 7.03. The normalized spacial score (nSPS) is 16.6. The molecule has 0 aliphatic carbocycles. The van der Waals surface area contributed by atoms with Crippen molar-refractivity contribution in [1.29, 1.82) is 0 Å². The Bertz CT molecular complexity index is 706. The van der Waals surface area contributed by atoms with Crippen LogP contribution in [0.5, 0.6) is 0 Å². The van der Waals surface area contributed by atoms with Gasteiger partial charge in [-0.05, 0) is 19.3 Å². The molecule has 0 atom stereocenters. The molecule has 3 heterocycles. The van der Waals surface area contributed by atoms with Gasteiger partial charge in [-0.25, -0.2) is 19.6 Å². The van der Waals surface area contributed by atoms with Crippen LogP contribution in [0.2, 0.25) is 0 Å². The first kappa shape index (κ1) is 21.7. The summed E-state index contributed by atoms with van der Waals surface area (Å²) in [6.07, 6.45) is 0.740. The van der Waals surface area contributed by atoms with Gasteiger partial charge in [0.2, 0.25) is 0 Å². The first-order valence-electron chi connectivity index (χ1n) is 8.95. The Hall–Kier alpha value is -2.59. The van der Waals surface area contributed by atoms with Gasteiger partial charge < -0.3 is 19.8 Å². The van der Waals surface area contributed by atoms with Crippen molar-refractivity contribution in [1.82, 2.24) is 19.8 Å². The van der Waals surface area contributed by atoms with Crippen LogP contribution < -0.4 is 4.90 Å². The van der Waals surface area contributed by atoms with Crippen LogP contribution in [0, 0.1) is 0 Å². The lowest BCUT2D eigenvalue weighted by Crippen LogP contribution is -2.40. The zero-order valence-corrected chi connectivity index (χ0v) is 15.9. The van der Waals surface area contributed by atoms with E-state index in [4.69, 9.17) is 9.90 Å². The van der Waals surface area contributed by atoms with E-state index in [0.29, 0.717) is 0 Å². The van der Waals surface area contributed by atoms with Crippen molar-refractivity contribution in [3.8, 4) is 0 Å². The summed E-state index contributed by atoms with van der Waals surface area (Å²) in [7, 11) is 3.60. The minimum Gasteiger partial charge on any atom is -0.475 e. The van der Waals surface area contributed by atoms with Crippen LogP contribution in [0.15, 0.2) is 6.33 Å². The first-order chi connectivity index (χ1) is 13.1. The number of aliphatic carboxylic acids is 1. The second kappa shape index (κ2) is 9.07. The lowest BCUT2D eigenvalue weighted by molar-refractivity contribution is -0.192. The fourth-order valence-corrected chi connectivity index (χ4v) is 3.18. The topological polar surface area (TPSA) is 89.9 Å². The molecule has 8 nitrogen and oxygen atoms in total. The third-order valence-corrected chi connectivity index (χ3v) is 4.56. The van der Waals surface area contributed by atoms with Gasteiger partial charge in [0.15, 0.2) is 0 Å². The first-order valence-corrected chi connectivity index (χ1v) is 8.95. The SMILES string of the molecule is CN(C)C(=O)N1CCc2ncnc(N3CCCC3)c2CC1.O=C(O)C(F)(F)F. The van der Waals surface area contributed by atoms with E-state index < -0.39 is 12.1 Å². The van der Waals surface area contributed by atoms with Gasteiger partial charge in [-0.3, -0.25) is 0 Å². The number of carbonyl (C=O) groups excluding carboxylic acids is 1. The number of halogens is 3. The number of carbonyl (C=O) groups is 2. The molecule has 0 saturated carbocycles. The molecule has 2 aliphatic rings. The van der Waals surface area contributed by atoms with E-state index in [-0.39, 0.29) is 6.03 Å². The molecule has 1 aromatic heterocycles. The van der Waals surface area contributed by atoms with Crippen LogP contribution in [-0.2, 0) is 17.6 Å². The Morgan fingerprint density at radius 3 is 2.18 bits per heavy atom. The largest absolute Gasteiger partial charge is 0.490 e. The lowest BCUT2D eigenvalue weighted by atomic mass is 10.1. The van der Waals surface area contributed by atoms with Crippen LogP contribution in [0.25, 0.3) is 0 Å². The quantitative estimate of drug-likeness (QED) is 0.769. The summed E-state index contributed by atoms with van der Waals surface area (Å²) in [5.74, 6) is -1.66. The molecule has 1 N–H and O–H groups in total. The highest BCUT2D eigenvalue weighted by Gasteiger charge is 2.38. The Labute approximate surface area is 161 Å². The van der Waals surface area contributed by atoms with Crippen LogP contribution in [0.1, 0.15) is 24.1 Å². The Balaban J connectivity index is 0.000000345. The van der Waals surface area contributed by atoms with Crippen molar-refractivity contribution in [2.45, 2.75) is 31.9 Å². The van der Waals surface area contributed by atoms with Crippen molar-refractivity contribution < 1.29 is 27.9 Å². The number of alkyl halides is 3. The molecule has 1 fully saturated rings. The molecule has 3 rings (SSSR count). The van der Waals surface area contributed by atoms with E-state index in [1.165, 1.54) is 18.4 Å². The molecule has 0 radical (unpaired) electrons. The summed E-state index contributed by atoms with van der Waals surface area (Å²) < 4.78 is 31.7. The van der Waals surface area contributed by atoms with Crippen molar-refractivity contribution in [2.75, 3.05) is 45.2 Å². The summed E-state index contributed by atoms with van der Waals surface area (Å²) in [6, 6.07) is 0.0819. The van der Waals surface area contributed by atoms with E-state index in [1.807, 2.05) is 4.90 Å².